The summed E-state index contributed by atoms with van der Waals surface area (Å²) in [6.07, 6.45) is -3.65. The van der Waals surface area contributed by atoms with E-state index in [2.05, 4.69) is 15.5 Å². The van der Waals surface area contributed by atoms with Crippen LogP contribution in [0, 0.1) is 11.8 Å². The zero-order valence-electron chi connectivity index (χ0n) is 11.5. The lowest BCUT2D eigenvalue weighted by Gasteiger charge is -2.33. The summed E-state index contributed by atoms with van der Waals surface area (Å²) in [6, 6.07) is 1.86. The molecule has 1 aliphatic carbocycles. The van der Waals surface area contributed by atoms with E-state index in [-0.39, 0.29) is 11.9 Å². The fourth-order valence-corrected chi connectivity index (χ4v) is 2.93. The number of nitrogens with zero attached hydrogens (tertiary/aromatic N) is 3. The van der Waals surface area contributed by atoms with Crippen LogP contribution in [0.4, 0.5) is 23.8 Å². The van der Waals surface area contributed by atoms with Gasteiger partial charge in [0, 0.05) is 13.1 Å². The molecular formula is C13H15F3N4O2. The highest BCUT2D eigenvalue weighted by Crippen LogP contribution is 2.47. The van der Waals surface area contributed by atoms with E-state index >= 15 is 0 Å². The van der Waals surface area contributed by atoms with Crippen LogP contribution in [0.2, 0.25) is 0 Å². The first-order valence-corrected chi connectivity index (χ1v) is 6.99. The lowest BCUT2D eigenvalue weighted by Crippen LogP contribution is -2.47. The van der Waals surface area contributed by atoms with Crippen LogP contribution in [0.1, 0.15) is 18.5 Å². The van der Waals surface area contributed by atoms with Crippen LogP contribution >= 0.6 is 0 Å². The van der Waals surface area contributed by atoms with Gasteiger partial charge in [-0.2, -0.15) is 13.2 Å². The summed E-state index contributed by atoms with van der Waals surface area (Å²) in [4.78, 5) is 12.6. The predicted molar refractivity (Wildman–Crippen MR) is 70.3 cm³/mol. The van der Waals surface area contributed by atoms with Gasteiger partial charge in [0.05, 0.1) is 6.04 Å². The highest BCUT2D eigenvalue weighted by molar-refractivity contribution is 5.66. The lowest BCUT2D eigenvalue weighted by molar-refractivity contribution is -0.141. The Morgan fingerprint density at radius 2 is 2.09 bits per heavy atom. The maximum absolute atomic E-state index is 12.4. The first-order valence-electron chi connectivity index (χ1n) is 6.99. The summed E-state index contributed by atoms with van der Waals surface area (Å²) in [5.41, 5.74) is -1.05. The number of anilines is 1. The highest BCUT2D eigenvalue weighted by atomic mass is 19.4. The van der Waals surface area contributed by atoms with Gasteiger partial charge in [0.25, 0.3) is 0 Å². The van der Waals surface area contributed by atoms with Gasteiger partial charge in [-0.05, 0) is 36.8 Å². The first-order chi connectivity index (χ1) is 10.3. The molecule has 6 nitrogen and oxygen atoms in total. The van der Waals surface area contributed by atoms with E-state index in [1.54, 1.807) is 0 Å². The molecular weight excluding hydrogens is 301 g/mol. The summed E-state index contributed by atoms with van der Waals surface area (Å²) in [7, 11) is 0. The van der Waals surface area contributed by atoms with Crippen LogP contribution in [-0.2, 0) is 6.18 Å². The molecule has 2 heterocycles. The van der Waals surface area contributed by atoms with Crippen molar-refractivity contribution < 1.29 is 23.1 Å². The van der Waals surface area contributed by atoms with Crippen LogP contribution in [0.15, 0.2) is 12.1 Å². The fourth-order valence-electron chi connectivity index (χ4n) is 2.93. The molecule has 0 spiro atoms. The fraction of sp³-hybridized carbons (Fsp3) is 0.615. The Hall–Kier alpha value is -2.06. The largest absolute Gasteiger partial charge is 0.465 e. The molecule has 0 bridgehead atoms. The van der Waals surface area contributed by atoms with Gasteiger partial charge in [-0.1, -0.05) is 0 Å². The normalized spacial score (nSPS) is 27.2. The minimum Gasteiger partial charge on any atom is -0.465 e. The summed E-state index contributed by atoms with van der Waals surface area (Å²) in [5.74, 6) is 1.25. The van der Waals surface area contributed by atoms with E-state index in [4.69, 9.17) is 0 Å². The Morgan fingerprint density at radius 3 is 2.68 bits per heavy atom. The molecule has 3 rings (SSSR count). The van der Waals surface area contributed by atoms with Crippen molar-refractivity contribution in [2.45, 2.75) is 25.1 Å². The van der Waals surface area contributed by atoms with E-state index < -0.39 is 18.0 Å². The van der Waals surface area contributed by atoms with Crippen LogP contribution in [0.3, 0.4) is 0 Å². The Labute approximate surface area is 124 Å². The minimum absolute atomic E-state index is 0.189. The second-order valence-electron chi connectivity index (χ2n) is 5.76. The van der Waals surface area contributed by atoms with Crippen molar-refractivity contribution in [3.63, 3.8) is 0 Å². The molecule has 1 saturated carbocycles. The van der Waals surface area contributed by atoms with Crippen molar-refractivity contribution >= 4 is 11.9 Å². The monoisotopic (exact) mass is 316 g/mol. The molecule has 1 aliphatic heterocycles. The number of fused-ring (bicyclic) bond motifs is 1. The number of hydrogen-bond acceptors (Lipinski definition) is 4. The van der Waals surface area contributed by atoms with Gasteiger partial charge in [0.2, 0.25) is 0 Å². The second-order valence-corrected chi connectivity index (χ2v) is 5.76. The molecule has 2 aliphatic rings. The average molecular weight is 316 g/mol. The number of amides is 1. The van der Waals surface area contributed by atoms with E-state index in [0.717, 1.165) is 18.9 Å². The molecule has 1 amide bonds. The number of halogens is 3. The van der Waals surface area contributed by atoms with Gasteiger partial charge in [0.1, 0.15) is 5.82 Å². The standard InChI is InChI=1S/C13H15F3N4O2/c14-13(15,16)10-1-2-11(19-18-10)17-5-9-4-7-3-8(7)6-20(9)12(21)22/h1-2,7-9H,3-6H2,(H,17,19)(H,21,22)/t7-,8+,9+/m1/s1. The van der Waals surface area contributed by atoms with E-state index in [1.165, 1.54) is 11.0 Å². The van der Waals surface area contributed by atoms with Gasteiger partial charge in [-0.3, -0.25) is 0 Å². The predicted octanol–water partition coefficient (Wildman–Crippen LogP) is 2.30. The number of hydrogen-bond donors (Lipinski definition) is 2. The Kier molecular flexibility index (Phi) is 3.57. The molecule has 9 heteroatoms. The summed E-state index contributed by atoms with van der Waals surface area (Å²) in [5, 5.41) is 18.7. The molecule has 2 N–H and O–H groups in total. The van der Waals surface area contributed by atoms with Gasteiger partial charge >= 0.3 is 12.3 Å². The molecule has 1 aromatic rings. The zero-order chi connectivity index (χ0) is 15.9. The number of likely N-dealkylation sites (tertiary alicyclic amines) is 1. The summed E-state index contributed by atoms with van der Waals surface area (Å²) < 4.78 is 37.2. The number of alkyl halides is 3. The van der Waals surface area contributed by atoms with Crippen LogP contribution < -0.4 is 5.32 Å². The van der Waals surface area contributed by atoms with Crippen LogP contribution in [0.25, 0.3) is 0 Å². The number of nitrogens with one attached hydrogen (secondary N) is 1. The zero-order valence-corrected chi connectivity index (χ0v) is 11.5. The van der Waals surface area contributed by atoms with E-state index in [1.807, 2.05) is 0 Å². The molecule has 1 aromatic heterocycles. The third-order valence-corrected chi connectivity index (χ3v) is 4.24. The molecule has 1 saturated heterocycles. The molecule has 0 radical (unpaired) electrons. The molecule has 0 unspecified atom stereocenters. The van der Waals surface area contributed by atoms with Crippen molar-refractivity contribution in [1.29, 1.82) is 0 Å². The summed E-state index contributed by atoms with van der Waals surface area (Å²) >= 11 is 0. The second kappa shape index (κ2) is 5.29. The first kappa shape index (κ1) is 14.9. The Morgan fingerprint density at radius 1 is 1.32 bits per heavy atom. The smallest absolute Gasteiger partial charge is 0.435 e. The third kappa shape index (κ3) is 3.07. The topological polar surface area (TPSA) is 78.4 Å². The van der Waals surface area contributed by atoms with E-state index in [0.29, 0.717) is 24.9 Å². The third-order valence-electron chi connectivity index (χ3n) is 4.24. The minimum atomic E-state index is -4.52. The number of carboxylic acid groups (broad SMARTS) is 1. The van der Waals surface area contributed by atoms with Gasteiger partial charge < -0.3 is 15.3 Å². The number of rotatable bonds is 3. The SMILES string of the molecule is O=C(O)N1C[C@@H]2C[C@@H]2C[C@H]1CNc1ccc(C(F)(F)F)nn1. The van der Waals surface area contributed by atoms with Crippen molar-refractivity contribution in [3.8, 4) is 0 Å². The number of aromatic nitrogens is 2. The van der Waals surface area contributed by atoms with Crippen molar-refractivity contribution in [2.75, 3.05) is 18.4 Å². The van der Waals surface area contributed by atoms with Crippen molar-refractivity contribution in [1.82, 2.24) is 15.1 Å². The Bertz CT molecular complexity index is 563. The van der Waals surface area contributed by atoms with E-state index in [9.17, 15) is 23.1 Å². The molecule has 3 atom stereocenters. The molecule has 0 aromatic carbocycles. The molecule has 120 valence electrons. The molecule has 2 fully saturated rings. The maximum atomic E-state index is 12.4. The maximum Gasteiger partial charge on any atom is 0.435 e. The average Bonchev–Trinajstić information content (AvgIpc) is 3.21. The number of carbonyl (C=O) groups is 1. The summed E-state index contributed by atoms with van der Waals surface area (Å²) in [6.45, 7) is 0.848. The molecule has 22 heavy (non-hydrogen) atoms. The quantitative estimate of drug-likeness (QED) is 0.894. The van der Waals surface area contributed by atoms with Gasteiger partial charge in [0.15, 0.2) is 5.69 Å². The highest BCUT2D eigenvalue weighted by Gasteiger charge is 2.47. The van der Waals surface area contributed by atoms with Crippen LogP contribution in [0.5, 0.6) is 0 Å². The van der Waals surface area contributed by atoms with Crippen molar-refractivity contribution in [3.05, 3.63) is 17.8 Å². The Balaban J connectivity index is 1.60. The van der Waals surface area contributed by atoms with Crippen molar-refractivity contribution in [2.24, 2.45) is 11.8 Å². The lowest BCUT2D eigenvalue weighted by atomic mass is 10.0. The van der Waals surface area contributed by atoms with Gasteiger partial charge in [-0.25, -0.2) is 4.79 Å². The van der Waals surface area contributed by atoms with Gasteiger partial charge in [-0.15, -0.1) is 10.2 Å². The van der Waals surface area contributed by atoms with Crippen LogP contribution in [-0.4, -0.2) is 45.4 Å². The number of piperidine rings is 1.